The first-order valence-corrected chi connectivity index (χ1v) is 6.16. The molecule has 6 heteroatoms. The van der Waals surface area contributed by atoms with E-state index in [0.29, 0.717) is 11.0 Å². The number of fused-ring (bicyclic) bond motifs is 1. The number of aromatic nitrogens is 2. The predicted octanol–water partition coefficient (Wildman–Crippen LogP) is 0.861. The average Bonchev–Trinajstić information content (AvgIpc) is 2.90. The summed E-state index contributed by atoms with van der Waals surface area (Å²) in [5.74, 6) is -0.790. The zero-order chi connectivity index (χ0) is 13.2. The van der Waals surface area contributed by atoms with Crippen molar-refractivity contribution >= 4 is 16.9 Å². The maximum absolute atomic E-state index is 13.5. The van der Waals surface area contributed by atoms with Crippen LogP contribution in [0.1, 0.15) is 16.8 Å². The minimum absolute atomic E-state index is 0.0856. The highest BCUT2D eigenvalue weighted by Gasteiger charge is 2.20. The van der Waals surface area contributed by atoms with Crippen LogP contribution in [0.3, 0.4) is 0 Å². The Morgan fingerprint density at radius 1 is 1.37 bits per heavy atom. The Labute approximate surface area is 109 Å². The summed E-state index contributed by atoms with van der Waals surface area (Å²) in [7, 11) is 0. The molecule has 0 radical (unpaired) electrons. The molecule has 0 saturated carbocycles. The lowest BCUT2D eigenvalue weighted by molar-refractivity contribution is 0.0941. The van der Waals surface area contributed by atoms with Gasteiger partial charge in [0.05, 0.1) is 11.1 Å². The Hall–Kier alpha value is -2.08. The summed E-state index contributed by atoms with van der Waals surface area (Å²) in [5.41, 5.74) is 1.04. The summed E-state index contributed by atoms with van der Waals surface area (Å²) in [6, 6.07) is 2.56. The van der Waals surface area contributed by atoms with E-state index in [1.165, 1.54) is 24.5 Å². The number of hydrogen-bond donors (Lipinski definition) is 2. The first kappa shape index (κ1) is 12.0. The van der Waals surface area contributed by atoms with Gasteiger partial charge in [0.25, 0.3) is 5.91 Å². The predicted molar refractivity (Wildman–Crippen MR) is 68.2 cm³/mol. The molecular formula is C13H13FN4O. The lowest BCUT2D eigenvalue weighted by Gasteiger charge is -2.12. The van der Waals surface area contributed by atoms with Crippen LogP contribution in [0.15, 0.2) is 24.5 Å². The third-order valence-corrected chi connectivity index (χ3v) is 3.18. The fraction of sp³-hybridized carbons (Fsp3) is 0.308. The number of carbonyl (C=O) groups excluding carboxylic acids is 1. The number of amides is 1. The number of benzene rings is 1. The molecular weight excluding hydrogens is 247 g/mol. The molecule has 2 heterocycles. The third-order valence-electron chi connectivity index (χ3n) is 3.18. The zero-order valence-electron chi connectivity index (χ0n) is 10.2. The number of hydrogen-bond acceptors (Lipinski definition) is 4. The van der Waals surface area contributed by atoms with Gasteiger partial charge in [0, 0.05) is 31.0 Å². The Morgan fingerprint density at radius 3 is 3.00 bits per heavy atom. The maximum Gasteiger partial charge on any atom is 0.253 e. The van der Waals surface area contributed by atoms with E-state index in [9.17, 15) is 9.18 Å². The highest BCUT2D eigenvalue weighted by atomic mass is 19.1. The molecule has 1 atom stereocenters. The van der Waals surface area contributed by atoms with Gasteiger partial charge >= 0.3 is 0 Å². The van der Waals surface area contributed by atoms with Crippen molar-refractivity contribution in [2.75, 3.05) is 13.1 Å². The standard InChI is InChI=1S/C13H13FN4O/c14-8-5-10(12-11(6-8)16-3-4-17-12)13(19)18-9-1-2-15-7-9/h3-6,9,15H,1-2,7H2,(H,18,19). The highest BCUT2D eigenvalue weighted by Crippen LogP contribution is 2.16. The molecule has 1 amide bonds. The Bertz CT molecular complexity index is 625. The minimum atomic E-state index is -0.484. The molecule has 1 fully saturated rings. The van der Waals surface area contributed by atoms with Crippen molar-refractivity contribution in [3.63, 3.8) is 0 Å². The van der Waals surface area contributed by atoms with Gasteiger partial charge in [0.15, 0.2) is 0 Å². The second-order valence-electron chi connectivity index (χ2n) is 4.54. The second-order valence-corrected chi connectivity index (χ2v) is 4.54. The van der Waals surface area contributed by atoms with Gasteiger partial charge < -0.3 is 10.6 Å². The van der Waals surface area contributed by atoms with E-state index in [-0.39, 0.29) is 17.5 Å². The lowest BCUT2D eigenvalue weighted by Crippen LogP contribution is -2.36. The van der Waals surface area contributed by atoms with E-state index in [1.807, 2.05) is 0 Å². The molecule has 2 N–H and O–H groups in total. The molecule has 1 aliphatic heterocycles. The van der Waals surface area contributed by atoms with Gasteiger partial charge in [-0.2, -0.15) is 0 Å². The van der Waals surface area contributed by atoms with Gasteiger partial charge in [-0.3, -0.25) is 14.8 Å². The largest absolute Gasteiger partial charge is 0.348 e. The van der Waals surface area contributed by atoms with E-state index in [0.717, 1.165) is 19.5 Å². The van der Waals surface area contributed by atoms with Crippen LogP contribution in [-0.2, 0) is 0 Å². The van der Waals surface area contributed by atoms with Crippen molar-refractivity contribution in [1.29, 1.82) is 0 Å². The molecule has 98 valence electrons. The average molecular weight is 260 g/mol. The second kappa shape index (κ2) is 4.89. The highest BCUT2D eigenvalue weighted by molar-refractivity contribution is 6.04. The summed E-state index contributed by atoms with van der Waals surface area (Å²) in [6.45, 7) is 1.62. The van der Waals surface area contributed by atoms with Crippen LogP contribution < -0.4 is 10.6 Å². The van der Waals surface area contributed by atoms with Crippen molar-refractivity contribution in [2.45, 2.75) is 12.5 Å². The van der Waals surface area contributed by atoms with Crippen molar-refractivity contribution in [3.05, 3.63) is 35.9 Å². The molecule has 3 rings (SSSR count). The van der Waals surface area contributed by atoms with Gasteiger partial charge in [-0.05, 0) is 19.0 Å². The Morgan fingerprint density at radius 2 is 2.21 bits per heavy atom. The summed E-state index contributed by atoms with van der Waals surface area (Å²) < 4.78 is 13.5. The zero-order valence-corrected chi connectivity index (χ0v) is 10.2. The summed E-state index contributed by atoms with van der Waals surface area (Å²) in [6.07, 6.45) is 3.85. The maximum atomic E-state index is 13.5. The fourth-order valence-corrected chi connectivity index (χ4v) is 2.25. The van der Waals surface area contributed by atoms with E-state index < -0.39 is 5.82 Å². The fourth-order valence-electron chi connectivity index (χ4n) is 2.25. The number of carbonyl (C=O) groups is 1. The van der Waals surface area contributed by atoms with Gasteiger partial charge in [0.1, 0.15) is 11.3 Å². The van der Waals surface area contributed by atoms with Crippen LogP contribution in [0.25, 0.3) is 11.0 Å². The number of rotatable bonds is 2. The van der Waals surface area contributed by atoms with E-state index in [2.05, 4.69) is 20.6 Å². The van der Waals surface area contributed by atoms with Crippen LogP contribution in [0, 0.1) is 5.82 Å². The summed E-state index contributed by atoms with van der Waals surface area (Å²) in [4.78, 5) is 20.3. The first-order valence-electron chi connectivity index (χ1n) is 6.16. The smallest absolute Gasteiger partial charge is 0.253 e. The number of nitrogens with zero attached hydrogens (tertiary/aromatic N) is 2. The SMILES string of the molecule is O=C(NC1CCNC1)c1cc(F)cc2nccnc12. The Kier molecular flexibility index (Phi) is 3.08. The molecule has 0 aliphatic carbocycles. The van der Waals surface area contributed by atoms with Gasteiger partial charge in [0.2, 0.25) is 0 Å². The van der Waals surface area contributed by atoms with Crippen molar-refractivity contribution in [3.8, 4) is 0 Å². The van der Waals surface area contributed by atoms with Crippen LogP contribution in [0.4, 0.5) is 4.39 Å². The molecule has 0 bridgehead atoms. The number of nitrogens with one attached hydrogen (secondary N) is 2. The molecule has 19 heavy (non-hydrogen) atoms. The number of halogens is 1. The van der Waals surface area contributed by atoms with E-state index in [1.54, 1.807) is 0 Å². The minimum Gasteiger partial charge on any atom is -0.348 e. The van der Waals surface area contributed by atoms with Crippen molar-refractivity contribution in [1.82, 2.24) is 20.6 Å². The van der Waals surface area contributed by atoms with Gasteiger partial charge in [-0.15, -0.1) is 0 Å². The van der Waals surface area contributed by atoms with E-state index >= 15 is 0 Å². The molecule has 1 aromatic carbocycles. The quantitative estimate of drug-likeness (QED) is 0.840. The summed E-state index contributed by atoms with van der Waals surface area (Å²) >= 11 is 0. The lowest BCUT2D eigenvalue weighted by atomic mass is 10.1. The van der Waals surface area contributed by atoms with Crippen LogP contribution >= 0.6 is 0 Å². The van der Waals surface area contributed by atoms with Crippen LogP contribution in [0.2, 0.25) is 0 Å². The van der Waals surface area contributed by atoms with Crippen LogP contribution in [0.5, 0.6) is 0 Å². The summed E-state index contributed by atoms with van der Waals surface area (Å²) in [5, 5.41) is 6.04. The molecule has 2 aromatic rings. The molecule has 0 spiro atoms. The van der Waals surface area contributed by atoms with Gasteiger partial charge in [-0.1, -0.05) is 0 Å². The van der Waals surface area contributed by atoms with E-state index in [4.69, 9.17) is 0 Å². The monoisotopic (exact) mass is 260 g/mol. The molecule has 1 aliphatic rings. The Balaban J connectivity index is 1.96. The first-order chi connectivity index (χ1) is 9.24. The van der Waals surface area contributed by atoms with Crippen molar-refractivity contribution < 1.29 is 9.18 Å². The topological polar surface area (TPSA) is 66.9 Å². The van der Waals surface area contributed by atoms with Crippen LogP contribution in [-0.4, -0.2) is 35.0 Å². The molecule has 1 unspecified atom stereocenters. The normalized spacial score (nSPS) is 18.7. The van der Waals surface area contributed by atoms with Gasteiger partial charge in [-0.25, -0.2) is 4.39 Å². The van der Waals surface area contributed by atoms with Crippen molar-refractivity contribution in [2.24, 2.45) is 0 Å². The molecule has 5 nitrogen and oxygen atoms in total. The molecule has 1 saturated heterocycles. The third kappa shape index (κ3) is 2.39. The molecule has 1 aromatic heterocycles.